The van der Waals surface area contributed by atoms with Gasteiger partial charge in [-0.3, -0.25) is 0 Å². The van der Waals surface area contributed by atoms with Crippen molar-refractivity contribution in [3.63, 3.8) is 0 Å². The molecular weight excluding hydrogens is 496 g/mol. The van der Waals surface area contributed by atoms with Gasteiger partial charge in [-0.1, -0.05) is 94.6 Å². The summed E-state index contributed by atoms with van der Waals surface area (Å²) in [5, 5.41) is 7.89. The van der Waals surface area contributed by atoms with E-state index in [1.54, 1.807) is 0 Å². The average molecular weight is 508 g/mol. The number of hydrogen-bond donors (Lipinski definition) is 1. The van der Waals surface area contributed by atoms with Crippen LogP contribution in [-0.4, -0.2) is 11.1 Å². The molecule has 0 unspecified atom stereocenters. The molecule has 0 amide bonds. The van der Waals surface area contributed by atoms with Crippen molar-refractivity contribution in [1.29, 1.82) is 0 Å². The van der Waals surface area contributed by atoms with Crippen LogP contribution in [0.25, 0.3) is 0 Å². The van der Waals surface area contributed by atoms with E-state index in [1.807, 2.05) is 0 Å². The molecule has 1 rings (SSSR count). The number of halogens is 4. The lowest BCUT2D eigenvalue weighted by molar-refractivity contribution is -0.132. The molecule has 1 aromatic carbocycles. The summed E-state index contributed by atoms with van der Waals surface area (Å²) >= 11 is 13.7. The topological polar surface area (TPSA) is 37.3 Å². The van der Waals surface area contributed by atoms with Crippen LogP contribution in [0.3, 0.4) is 0 Å². The Morgan fingerprint density at radius 3 is 1.39 bits per heavy atom. The molecule has 0 aromatic heterocycles. The van der Waals surface area contributed by atoms with Crippen molar-refractivity contribution in [3.05, 3.63) is 47.5 Å². The lowest BCUT2D eigenvalue weighted by Crippen LogP contribution is -1.92. The van der Waals surface area contributed by atoms with E-state index in [9.17, 15) is 4.79 Å². The fourth-order valence-corrected chi connectivity index (χ4v) is 2.01. The van der Waals surface area contributed by atoms with Crippen molar-refractivity contribution in [1.82, 2.24) is 0 Å². The normalized spacial score (nSPS) is 9.94. The van der Waals surface area contributed by atoms with Gasteiger partial charge in [0, 0.05) is 5.57 Å². The fraction of sp³-hybridized carbons (Fsp3) is 0.250. The van der Waals surface area contributed by atoms with Crippen molar-refractivity contribution in [2.45, 2.75) is 14.4 Å². The molecule has 0 fully saturated rings. The Labute approximate surface area is 140 Å². The number of alkyl halides is 4. The van der Waals surface area contributed by atoms with Crippen LogP contribution in [0.2, 0.25) is 0 Å². The first-order valence-corrected chi connectivity index (χ1v) is 8.47. The highest BCUT2D eigenvalue weighted by atomic mass is 79.9. The van der Waals surface area contributed by atoms with Gasteiger partial charge in [-0.2, -0.15) is 0 Å². The highest BCUT2D eigenvalue weighted by Crippen LogP contribution is 2.33. The number of carbonyl (C=O) groups is 1. The molecule has 0 aliphatic heterocycles. The van der Waals surface area contributed by atoms with E-state index >= 15 is 0 Å². The number of hydrogen-bond acceptors (Lipinski definition) is 1. The second-order valence-electron chi connectivity index (χ2n) is 3.35. The van der Waals surface area contributed by atoms with Gasteiger partial charge in [0.2, 0.25) is 0 Å². The summed E-state index contributed by atoms with van der Waals surface area (Å²) in [7, 11) is 0. The molecule has 1 N–H and O–H groups in total. The van der Waals surface area contributed by atoms with E-state index in [-0.39, 0.29) is 13.0 Å². The first-order valence-electron chi connectivity index (χ1n) is 4.80. The van der Waals surface area contributed by atoms with Gasteiger partial charge in [0.25, 0.3) is 0 Å². The lowest BCUT2D eigenvalue weighted by Gasteiger charge is -2.05. The van der Waals surface area contributed by atoms with Crippen LogP contribution in [0.15, 0.2) is 36.4 Å². The van der Waals surface area contributed by atoms with Crippen LogP contribution >= 0.6 is 63.7 Å². The summed E-state index contributed by atoms with van der Waals surface area (Å²) in [5.41, 5.74) is 2.62. The zero-order valence-electron chi connectivity index (χ0n) is 9.54. The predicted molar refractivity (Wildman–Crippen MR) is 90.1 cm³/mol. The second kappa shape index (κ2) is 9.28. The van der Waals surface area contributed by atoms with Crippen molar-refractivity contribution in [3.8, 4) is 0 Å². The lowest BCUT2D eigenvalue weighted by atomic mass is 10.2. The van der Waals surface area contributed by atoms with Crippen LogP contribution in [0.1, 0.15) is 25.5 Å². The van der Waals surface area contributed by atoms with E-state index in [0.29, 0.717) is 0 Å². The molecule has 0 aliphatic carbocycles. The first kappa shape index (κ1) is 18.4. The highest BCUT2D eigenvalue weighted by molar-refractivity contribution is 9.24. The Bertz CT molecular complexity index is 360. The largest absolute Gasteiger partial charge is 0.478 e. The molecule has 0 radical (unpaired) electrons. The maximum atomic E-state index is 9.60. The number of benzene rings is 1. The Balaban J connectivity index is 0.000000411. The highest BCUT2D eigenvalue weighted by Gasteiger charge is 2.04. The maximum absolute atomic E-state index is 9.60. The number of carboxylic acid groups (broad SMARTS) is 1. The first-order chi connectivity index (χ1) is 8.25. The Kier molecular flexibility index (Phi) is 9.47. The van der Waals surface area contributed by atoms with Crippen molar-refractivity contribution in [2.75, 3.05) is 0 Å². The third kappa shape index (κ3) is 7.71. The zero-order valence-corrected chi connectivity index (χ0v) is 15.9. The van der Waals surface area contributed by atoms with E-state index in [4.69, 9.17) is 5.11 Å². The molecule has 18 heavy (non-hydrogen) atoms. The molecule has 0 bridgehead atoms. The monoisotopic (exact) mass is 504 g/mol. The standard InChI is InChI=1S/C8H6Br4.C4H6O2/c9-7(10)5-1-2-6(4-3-5)8(11)12;1-3(2)4(5)6/h1-4,7-8H;1H2,2H3,(H,5,6). The molecule has 2 nitrogen and oxygen atoms in total. The van der Waals surface area contributed by atoms with Gasteiger partial charge < -0.3 is 5.11 Å². The van der Waals surface area contributed by atoms with Gasteiger partial charge >= 0.3 is 5.97 Å². The molecule has 0 spiro atoms. The summed E-state index contributed by atoms with van der Waals surface area (Å²) in [6, 6.07) is 8.33. The Morgan fingerprint density at radius 2 is 1.28 bits per heavy atom. The smallest absolute Gasteiger partial charge is 0.330 e. The van der Waals surface area contributed by atoms with Crippen LogP contribution in [-0.2, 0) is 4.79 Å². The van der Waals surface area contributed by atoms with Gasteiger partial charge in [0.1, 0.15) is 0 Å². The molecule has 0 heterocycles. The maximum Gasteiger partial charge on any atom is 0.330 e. The molecule has 0 aliphatic rings. The summed E-state index contributed by atoms with van der Waals surface area (Å²) < 4.78 is 0.478. The zero-order chi connectivity index (χ0) is 14.3. The SMILES string of the molecule is BrC(Br)c1ccc(C(Br)Br)cc1.C=C(C)C(=O)O. The summed E-state index contributed by atoms with van der Waals surface area (Å²) in [6.07, 6.45) is 0. The van der Waals surface area contributed by atoms with E-state index in [0.717, 1.165) is 0 Å². The van der Waals surface area contributed by atoms with Gasteiger partial charge in [0.05, 0.1) is 7.47 Å². The number of rotatable bonds is 3. The third-order valence-corrected chi connectivity index (χ3v) is 3.92. The minimum atomic E-state index is -0.935. The molecule has 0 saturated carbocycles. The fourth-order valence-electron chi connectivity index (χ4n) is 0.787. The molecule has 100 valence electrons. The van der Waals surface area contributed by atoms with Crippen LogP contribution < -0.4 is 0 Å². The van der Waals surface area contributed by atoms with Crippen LogP contribution in [0, 0.1) is 0 Å². The van der Waals surface area contributed by atoms with E-state index in [1.165, 1.54) is 18.1 Å². The van der Waals surface area contributed by atoms with Crippen molar-refractivity contribution in [2.24, 2.45) is 0 Å². The van der Waals surface area contributed by atoms with E-state index in [2.05, 4.69) is 94.6 Å². The quantitative estimate of drug-likeness (QED) is 0.408. The number of aliphatic carboxylic acids is 1. The van der Waals surface area contributed by atoms with Crippen molar-refractivity contribution < 1.29 is 9.90 Å². The van der Waals surface area contributed by atoms with Crippen LogP contribution in [0.5, 0.6) is 0 Å². The van der Waals surface area contributed by atoms with Gasteiger partial charge in [-0.15, -0.1) is 0 Å². The Morgan fingerprint density at radius 1 is 1.06 bits per heavy atom. The summed E-state index contributed by atoms with van der Waals surface area (Å²) in [5.74, 6) is -0.935. The molecule has 0 saturated heterocycles. The third-order valence-electron chi connectivity index (χ3n) is 1.81. The summed E-state index contributed by atoms with van der Waals surface area (Å²) in [4.78, 5) is 9.60. The minimum absolute atomic E-state index is 0.176. The molecular formula is C12H12Br4O2. The van der Waals surface area contributed by atoms with Gasteiger partial charge in [0.15, 0.2) is 0 Å². The average Bonchev–Trinajstić information content (AvgIpc) is 2.29. The second-order valence-corrected chi connectivity index (χ2v) is 9.47. The number of carboxylic acids is 1. The van der Waals surface area contributed by atoms with Crippen LogP contribution in [0.4, 0.5) is 0 Å². The van der Waals surface area contributed by atoms with Crippen molar-refractivity contribution >= 4 is 69.7 Å². The minimum Gasteiger partial charge on any atom is -0.478 e. The Hall–Kier alpha value is 0.350. The van der Waals surface area contributed by atoms with E-state index < -0.39 is 5.97 Å². The predicted octanol–water partition coefficient (Wildman–Crippen LogP) is 5.91. The molecule has 1 aromatic rings. The summed E-state index contributed by atoms with van der Waals surface area (Å²) in [6.45, 7) is 4.60. The molecule has 0 atom stereocenters. The van der Waals surface area contributed by atoms with Gasteiger partial charge in [-0.25, -0.2) is 4.79 Å². The van der Waals surface area contributed by atoms with Gasteiger partial charge in [-0.05, 0) is 18.1 Å². The molecule has 6 heteroatoms.